The van der Waals surface area contributed by atoms with E-state index in [4.69, 9.17) is 0 Å². The molecule has 1 aromatic heterocycles. The second kappa shape index (κ2) is 6.43. The van der Waals surface area contributed by atoms with Crippen molar-refractivity contribution in [2.75, 3.05) is 7.11 Å². The van der Waals surface area contributed by atoms with Gasteiger partial charge in [-0.15, -0.1) is 0 Å². The van der Waals surface area contributed by atoms with Crippen molar-refractivity contribution in [1.82, 2.24) is 9.97 Å². The molecule has 0 radical (unpaired) electrons. The molecule has 0 atom stereocenters. The van der Waals surface area contributed by atoms with Gasteiger partial charge in [-0.3, -0.25) is 0 Å². The fraction of sp³-hybridized carbons (Fsp3) is 0.111. The molecule has 0 amide bonds. The first-order chi connectivity index (χ1) is 11.9. The van der Waals surface area contributed by atoms with Crippen LogP contribution in [0.25, 0.3) is 22.4 Å². The summed E-state index contributed by atoms with van der Waals surface area (Å²) in [7, 11) is 1.24. The lowest BCUT2D eigenvalue weighted by molar-refractivity contribution is -0.137. The molecular formula is C18H13F3N2O2. The predicted octanol–water partition coefficient (Wildman–Crippen LogP) is 4.55. The molecule has 0 bridgehead atoms. The van der Waals surface area contributed by atoms with Crippen LogP contribution in [0, 0.1) is 0 Å². The third-order valence-corrected chi connectivity index (χ3v) is 3.67. The van der Waals surface area contributed by atoms with E-state index in [1.54, 1.807) is 30.3 Å². The van der Waals surface area contributed by atoms with Crippen LogP contribution in [0.5, 0.6) is 0 Å². The van der Waals surface area contributed by atoms with Crippen molar-refractivity contribution < 1.29 is 22.7 Å². The Morgan fingerprint density at radius 1 is 1.08 bits per heavy atom. The molecule has 25 heavy (non-hydrogen) atoms. The summed E-state index contributed by atoms with van der Waals surface area (Å²) >= 11 is 0. The van der Waals surface area contributed by atoms with Crippen LogP contribution in [0.3, 0.4) is 0 Å². The van der Waals surface area contributed by atoms with Gasteiger partial charge in [-0.05, 0) is 23.3 Å². The van der Waals surface area contributed by atoms with Crippen LogP contribution in [0.4, 0.5) is 13.2 Å². The third-order valence-electron chi connectivity index (χ3n) is 3.67. The molecule has 0 unspecified atom stereocenters. The lowest BCUT2D eigenvalue weighted by Gasteiger charge is -2.13. The van der Waals surface area contributed by atoms with Gasteiger partial charge in [0.15, 0.2) is 0 Å². The summed E-state index contributed by atoms with van der Waals surface area (Å²) in [6, 6.07) is 12.0. The highest BCUT2D eigenvalue weighted by atomic mass is 19.4. The average Bonchev–Trinajstić information content (AvgIpc) is 3.10. The van der Waals surface area contributed by atoms with E-state index < -0.39 is 17.7 Å². The normalized spacial score (nSPS) is 11.4. The number of hydrogen-bond acceptors (Lipinski definition) is 3. The number of imidazole rings is 1. The Hall–Kier alpha value is -3.09. The maximum Gasteiger partial charge on any atom is 0.417 e. The first kappa shape index (κ1) is 16.8. The summed E-state index contributed by atoms with van der Waals surface area (Å²) < 4.78 is 44.2. The van der Waals surface area contributed by atoms with Crippen LogP contribution in [0.15, 0.2) is 54.7 Å². The molecule has 3 rings (SSSR count). The van der Waals surface area contributed by atoms with Crippen LogP contribution >= 0.6 is 0 Å². The zero-order valence-corrected chi connectivity index (χ0v) is 13.1. The van der Waals surface area contributed by atoms with Crippen molar-refractivity contribution in [2.24, 2.45) is 0 Å². The highest BCUT2D eigenvalue weighted by Gasteiger charge is 2.33. The standard InChI is InChI=1S/C18H13F3N2O2/c1-25-17(24)16-22-10-15(23-16)12-6-4-5-11(9-12)13-7-2-3-8-14(13)18(19,20)21/h2-10H,1H3,(H,22,23). The van der Waals surface area contributed by atoms with Crippen molar-refractivity contribution in [3.8, 4) is 22.4 Å². The lowest BCUT2D eigenvalue weighted by atomic mass is 9.97. The zero-order chi connectivity index (χ0) is 18.0. The van der Waals surface area contributed by atoms with Crippen molar-refractivity contribution in [3.63, 3.8) is 0 Å². The number of carbonyl (C=O) groups excluding carboxylic acids is 1. The Morgan fingerprint density at radius 3 is 2.52 bits per heavy atom. The van der Waals surface area contributed by atoms with E-state index >= 15 is 0 Å². The van der Waals surface area contributed by atoms with Gasteiger partial charge in [0.25, 0.3) is 0 Å². The van der Waals surface area contributed by atoms with E-state index in [-0.39, 0.29) is 11.4 Å². The van der Waals surface area contributed by atoms with E-state index in [1.807, 2.05) is 0 Å². The highest BCUT2D eigenvalue weighted by Crippen LogP contribution is 2.37. The van der Waals surface area contributed by atoms with E-state index in [9.17, 15) is 18.0 Å². The summed E-state index contributed by atoms with van der Waals surface area (Å²) in [5, 5.41) is 0. The van der Waals surface area contributed by atoms with E-state index in [0.29, 0.717) is 16.8 Å². The molecule has 3 aromatic rings. The third kappa shape index (κ3) is 3.40. The van der Waals surface area contributed by atoms with Gasteiger partial charge in [0.2, 0.25) is 5.82 Å². The van der Waals surface area contributed by atoms with Gasteiger partial charge >= 0.3 is 12.1 Å². The number of ether oxygens (including phenoxy) is 1. The fourth-order valence-corrected chi connectivity index (χ4v) is 2.50. The minimum Gasteiger partial charge on any atom is -0.463 e. The summed E-state index contributed by atoms with van der Waals surface area (Å²) in [6.45, 7) is 0. The molecule has 0 aliphatic heterocycles. The Labute approximate surface area is 141 Å². The number of rotatable bonds is 3. The number of H-pyrrole nitrogens is 1. The van der Waals surface area contributed by atoms with Crippen molar-refractivity contribution in [2.45, 2.75) is 6.18 Å². The van der Waals surface area contributed by atoms with Crippen LogP contribution in [-0.4, -0.2) is 23.0 Å². The molecule has 0 saturated carbocycles. The lowest BCUT2D eigenvalue weighted by Crippen LogP contribution is -2.06. The molecule has 0 aliphatic rings. The number of benzene rings is 2. The van der Waals surface area contributed by atoms with Crippen LogP contribution in [-0.2, 0) is 10.9 Å². The zero-order valence-electron chi connectivity index (χ0n) is 13.1. The minimum atomic E-state index is -4.45. The topological polar surface area (TPSA) is 55.0 Å². The van der Waals surface area contributed by atoms with Crippen LogP contribution in [0.2, 0.25) is 0 Å². The molecule has 0 saturated heterocycles. The average molecular weight is 346 g/mol. The molecule has 7 heteroatoms. The molecule has 4 nitrogen and oxygen atoms in total. The number of halogens is 3. The van der Waals surface area contributed by atoms with Gasteiger partial charge in [0, 0.05) is 5.56 Å². The number of hydrogen-bond donors (Lipinski definition) is 1. The van der Waals surface area contributed by atoms with E-state index in [0.717, 1.165) is 6.07 Å². The number of alkyl halides is 3. The Bertz CT molecular complexity index is 916. The number of methoxy groups -OCH3 is 1. The van der Waals surface area contributed by atoms with Crippen molar-refractivity contribution in [3.05, 3.63) is 66.1 Å². The second-order valence-electron chi connectivity index (χ2n) is 5.26. The SMILES string of the molecule is COC(=O)c1ncc(-c2cccc(-c3ccccc3C(F)(F)F)c2)[nH]1. The number of nitrogens with one attached hydrogen (secondary N) is 1. The van der Waals surface area contributed by atoms with Gasteiger partial charge in [-0.25, -0.2) is 9.78 Å². The van der Waals surface area contributed by atoms with E-state index in [2.05, 4.69) is 14.7 Å². The highest BCUT2D eigenvalue weighted by molar-refractivity contribution is 5.86. The molecule has 1 N–H and O–H groups in total. The molecule has 2 aromatic carbocycles. The monoisotopic (exact) mass is 346 g/mol. The molecule has 1 heterocycles. The fourth-order valence-electron chi connectivity index (χ4n) is 2.50. The van der Waals surface area contributed by atoms with Crippen LogP contribution < -0.4 is 0 Å². The minimum absolute atomic E-state index is 0.0265. The number of aromatic nitrogens is 2. The Morgan fingerprint density at radius 2 is 1.80 bits per heavy atom. The van der Waals surface area contributed by atoms with E-state index in [1.165, 1.54) is 25.4 Å². The summed E-state index contributed by atoms with van der Waals surface area (Å²) in [4.78, 5) is 18.2. The summed E-state index contributed by atoms with van der Waals surface area (Å²) in [5.74, 6) is -0.594. The number of carbonyl (C=O) groups is 1. The van der Waals surface area contributed by atoms with Gasteiger partial charge in [-0.2, -0.15) is 13.2 Å². The van der Waals surface area contributed by atoms with Gasteiger partial charge < -0.3 is 9.72 Å². The largest absolute Gasteiger partial charge is 0.463 e. The second-order valence-corrected chi connectivity index (χ2v) is 5.26. The van der Waals surface area contributed by atoms with Crippen molar-refractivity contribution in [1.29, 1.82) is 0 Å². The summed E-state index contributed by atoms with van der Waals surface area (Å²) in [6.07, 6.45) is -3.01. The molecular weight excluding hydrogens is 333 g/mol. The predicted molar refractivity (Wildman–Crippen MR) is 85.8 cm³/mol. The first-order valence-electron chi connectivity index (χ1n) is 7.30. The quantitative estimate of drug-likeness (QED) is 0.708. The van der Waals surface area contributed by atoms with Gasteiger partial charge in [-0.1, -0.05) is 36.4 Å². The first-order valence-corrected chi connectivity index (χ1v) is 7.30. The molecule has 0 spiro atoms. The molecule has 0 aliphatic carbocycles. The Balaban J connectivity index is 2.04. The Kier molecular flexibility index (Phi) is 4.31. The maximum atomic E-state index is 13.2. The maximum absolute atomic E-state index is 13.2. The summed E-state index contributed by atoms with van der Waals surface area (Å²) in [5.41, 5.74) is 0.917. The number of aromatic amines is 1. The van der Waals surface area contributed by atoms with Crippen LogP contribution in [0.1, 0.15) is 16.2 Å². The molecule has 128 valence electrons. The van der Waals surface area contributed by atoms with Gasteiger partial charge in [0.1, 0.15) is 0 Å². The number of nitrogens with zero attached hydrogens (tertiary/aromatic N) is 1. The smallest absolute Gasteiger partial charge is 0.417 e. The number of esters is 1. The molecule has 0 fully saturated rings. The van der Waals surface area contributed by atoms with Crippen molar-refractivity contribution >= 4 is 5.97 Å². The van der Waals surface area contributed by atoms with Gasteiger partial charge in [0.05, 0.1) is 24.6 Å².